The lowest BCUT2D eigenvalue weighted by Gasteiger charge is -2.42. The van der Waals surface area contributed by atoms with Crippen molar-refractivity contribution in [3.05, 3.63) is 0 Å². The molecule has 1 N–H and O–H groups in total. The normalized spacial score (nSPS) is 37.7. The van der Waals surface area contributed by atoms with E-state index in [9.17, 15) is 4.79 Å². The second-order valence-corrected chi connectivity index (χ2v) is 5.24. The molecule has 1 fully saturated rings. The highest BCUT2D eigenvalue weighted by Crippen LogP contribution is 2.33. The van der Waals surface area contributed by atoms with E-state index in [2.05, 4.69) is 0 Å². The fourth-order valence-corrected chi connectivity index (χ4v) is 1.78. The lowest BCUT2D eigenvalue weighted by molar-refractivity contribution is -0.291. The van der Waals surface area contributed by atoms with Gasteiger partial charge in [-0.05, 0) is 13.8 Å². The second kappa shape index (κ2) is 4.10. The molecule has 4 heteroatoms. The first-order valence-corrected chi connectivity index (χ1v) is 5.27. The Kier molecular flexibility index (Phi) is 3.41. The molecule has 1 rings (SSSR count). The van der Waals surface area contributed by atoms with Gasteiger partial charge in [0.05, 0.1) is 12.2 Å². The standard InChI is InChI=1S/C11H20O4/c1-6-8(9(12)13)7(2)15-10(14-6)11(3,4)5/h6-8,10H,1-5H3,(H,12,13). The molecule has 0 aliphatic carbocycles. The number of aliphatic carboxylic acids is 1. The van der Waals surface area contributed by atoms with Crippen LogP contribution in [0.25, 0.3) is 0 Å². The van der Waals surface area contributed by atoms with Crippen molar-refractivity contribution in [2.45, 2.75) is 53.1 Å². The molecule has 1 saturated heterocycles. The van der Waals surface area contributed by atoms with Crippen LogP contribution in [0.1, 0.15) is 34.6 Å². The summed E-state index contributed by atoms with van der Waals surface area (Å²) in [6, 6.07) is 0. The summed E-state index contributed by atoms with van der Waals surface area (Å²) in [5.74, 6) is -1.44. The summed E-state index contributed by atoms with van der Waals surface area (Å²) in [6.45, 7) is 9.61. The van der Waals surface area contributed by atoms with Gasteiger partial charge in [-0.3, -0.25) is 4.79 Å². The van der Waals surface area contributed by atoms with Gasteiger partial charge in [-0.15, -0.1) is 0 Å². The smallest absolute Gasteiger partial charge is 0.311 e. The molecule has 0 aromatic rings. The van der Waals surface area contributed by atoms with Crippen LogP contribution in [0, 0.1) is 11.3 Å². The average Bonchev–Trinajstić information content (AvgIpc) is 1.99. The van der Waals surface area contributed by atoms with Gasteiger partial charge in [-0.2, -0.15) is 0 Å². The largest absolute Gasteiger partial charge is 0.481 e. The minimum atomic E-state index is -0.859. The Morgan fingerprint density at radius 2 is 1.53 bits per heavy atom. The van der Waals surface area contributed by atoms with E-state index in [1.165, 1.54) is 0 Å². The second-order valence-electron chi connectivity index (χ2n) is 5.24. The van der Waals surface area contributed by atoms with E-state index in [-0.39, 0.29) is 23.9 Å². The summed E-state index contributed by atoms with van der Waals surface area (Å²) in [4.78, 5) is 11.0. The SMILES string of the molecule is CC1OC(C(C)(C)C)OC(C)C1C(=O)O. The summed E-state index contributed by atoms with van der Waals surface area (Å²) in [6.07, 6.45) is -0.955. The summed E-state index contributed by atoms with van der Waals surface area (Å²) in [7, 11) is 0. The van der Waals surface area contributed by atoms with Crippen LogP contribution in [0.15, 0.2) is 0 Å². The van der Waals surface area contributed by atoms with Gasteiger partial charge in [-0.1, -0.05) is 20.8 Å². The Labute approximate surface area is 90.6 Å². The zero-order chi connectivity index (χ0) is 11.8. The van der Waals surface area contributed by atoms with E-state index in [1.54, 1.807) is 13.8 Å². The maximum atomic E-state index is 11.0. The Morgan fingerprint density at radius 3 is 1.80 bits per heavy atom. The first-order chi connectivity index (χ1) is 6.73. The maximum Gasteiger partial charge on any atom is 0.311 e. The van der Waals surface area contributed by atoms with Gasteiger partial charge in [-0.25, -0.2) is 0 Å². The quantitative estimate of drug-likeness (QED) is 0.727. The Hall–Kier alpha value is -0.610. The van der Waals surface area contributed by atoms with Gasteiger partial charge in [0, 0.05) is 5.41 Å². The van der Waals surface area contributed by atoms with Gasteiger partial charge < -0.3 is 14.6 Å². The first-order valence-electron chi connectivity index (χ1n) is 5.27. The Morgan fingerprint density at radius 1 is 1.13 bits per heavy atom. The molecule has 2 unspecified atom stereocenters. The van der Waals surface area contributed by atoms with Crippen molar-refractivity contribution in [1.29, 1.82) is 0 Å². The molecule has 0 spiro atoms. The Bertz CT molecular complexity index is 231. The van der Waals surface area contributed by atoms with Crippen molar-refractivity contribution in [3.63, 3.8) is 0 Å². The Balaban J connectivity index is 2.75. The van der Waals surface area contributed by atoms with E-state index in [0.717, 1.165) is 0 Å². The van der Waals surface area contributed by atoms with Crippen LogP contribution in [0.4, 0.5) is 0 Å². The third-order valence-corrected chi connectivity index (χ3v) is 2.68. The molecule has 0 amide bonds. The highest BCUT2D eigenvalue weighted by atomic mass is 16.7. The van der Waals surface area contributed by atoms with Gasteiger partial charge >= 0.3 is 5.97 Å². The van der Waals surface area contributed by atoms with Crippen molar-refractivity contribution in [2.75, 3.05) is 0 Å². The molecule has 1 aliphatic rings. The summed E-state index contributed by atoms with van der Waals surface area (Å²) in [5.41, 5.74) is -0.133. The zero-order valence-corrected chi connectivity index (χ0v) is 9.98. The molecule has 15 heavy (non-hydrogen) atoms. The molecule has 0 radical (unpaired) electrons. The van der Waals surface area contributed by atoms with Crippen molar-refractivity contribution >= 4 is 5.97 Å². The lowest BCUT2D eigenvalue weighted by atomic mass is 9.91. The minimum Gasteiger partial charge on any atom is -0.481 e. The number of rotatable bonds is 1. The van der Waals surface area contributed by atoms with Crippen molar-refractivity contribution in [1.82, 2.24) is 0 Å². The number of ether oxygens (including phenoxy) is 2. The van der Waals surface area contributed by atoms with E-state index < -0.39 is 11.9 Å². The maximum absolute atomic E-state index is 11.0. The number of carbonyl (C=O) groups is 1. The average molecular weight is 216 g/mol. The molecule has 88 valence electrons. The zero-order valence-electron chi connectivity index (χ0n) is 9.98. The summed E-state index contributed by atoms with van der Waals surface area (Å²) >= 11 is 0. The predicted molar refractivity (Wildman–Crippen MR) is 55.5 cm³/mol. The van der Waals surface area contributed by atoms with Crippen LogP contribution in [-0.2, 0) is 14.3 Å². The van der Waals surface area contributed by atoms with E-state index in [1.807, 2.05) is 20.8 Å². The monoisotopic (exact) mass is 216 g/mol. The number of hydrogen-bond acceptors (Lipinski definition) is 3. The summed E-state index contributed by atoms with van der Waals surface area (Å²) < 4.78 is 11.2. The molecular weight excluding hydrogens is 196 g/mol. The van der Waals surface area contributed by atoms with Crippen molar-refractivity contribution < 1.29 is 19.4 Å². The molecule has 0 aromatic heterocycles. The van der Waals surface area contributed by atoms with Gasteiger partial charge in [0.15, 0.2) is 6.29 Å². The number of carboxylic acids is 1. The predicted octanol–water partition coefficient (Wildman–Crippen LogP) is 1.88. The highest BCUT2D eigenvalue weighted by molar-refractivity contribution is 5.71. The number of carboxylic acid groups (broad SMARTS) is 1. The molecule has 1 heterocycles. The third kappa shape index (κ3) is 2.69. The number of hydrogen-bond donors (Lipinski definition) is 1. The molecule has 2 atom stereocenters. The van der Waals surface area contributed by atoms with Gasteiger partial charge in [0.2, 0.25) is 0 Å². The van der Waals surface area contributed by atoms with Gasteiger partial charge in [0.25, 0.3) is 0 Å². The van der Waals surface area contributed by atoms with Crippen molar-refractivity contribution in [3.8, 4) is 0 Å². The van der Waals surface area contributed by atoms with E-state index in [4.69, 9.17) is 14.6 Å². The van der Waals surface area contributed by atoms with Crippen LogP contribution in [0.5, 0.6) is 0 Å². The van der Waals surface area contributed by atoms with Crippen LogP contribution >= 0.6 is 0 Å². The van der Waals surface area contributed by atoms with E-state index >= 15 is 0 Å². The molecule has 0 bridgehead atoms. The molecule has 4 nitrogen and oxygen atoms in total. The third-order valence-electron chi connectivity index (χ3n) is 2.68. The van der Waals surface area contributed by atoms with Gasteiger partial charge in [0.1, 0.15) is 5.92 Å². The lowest BCUT2D eigenvalue weighted by Crippen LogP contribution is -2.51. The van der Waals surface area contributed by atoms with E-state index in [0.29, 0.717) is 0 Å². The molecule has 1 aliphatic heterocycles. The fraction of sp³-hybridized carbons (Fsp3) is 0.909. The van der Waals surface area contributed by atoms with Crippen LogP contribution in [-0.4, -0.2) is 29.6 Å². The van der Waals surface area contributed by atoms with Crippen LogP contribution in [0.2, 0.25) is 0 Å². The topological polar surface area (TPSA) is 55.8 Å². The molecule has 0 aromatic carbocycles. The fourth-order valence-electron chi connectivity index (χ4n) is 1.78. The van der Waals surface area contributed by atoms with Crippen LogP contribution in [0.3, 0.4) is 0 Å². The summed E-state index contributed by atoms with van der Waals surface area (Å²) in [5, 5.41) is 9.01. The van der Waals surface area contributed by atoms with Crippen molar-refractivity contribution in [2.24, 2.45) is 11.3 Å². The minimum absolute atomic E-state index is 0.133. The molecule has 0 saturated carbocycles. The molecular formula is C11H20O4. The van der Waals surface area contributed by atoms with Crippen LogP contribution < -0.4 is 0 Å². The highest BCUT2D eigenvalue weighted by Gasteiger charge is 2.43. The first kappa shape index (κ1) is 12.5.